The third-order valence-corrected chi connectivity index (χ3v) is 5.56. The maximum Gasteiger partial charge on any atom is 0.326 e. The molecule has 0 fully saturated rings. The summed E-state index contributed by atoms with van der Waals surface area (Å²) in [7, 11) is 0. The predicted molar refractivity (Wildman–Crippen MR) is 105 cm³/mol. The fourth-order valence-corrected chi connectivity index (χ4v) is 4.29. The van der Waals surface area contributed by atoms with Crippen LogP contribution in [-0.2, 0) is 16.0 Å². The quantitative estimate of drug-likeness (QED) is 0.671. The number of fused-ring (bicyclic) bond motifs is 4. The normalized spacial score (nSPS) is 19.8. The standard InChI is InChI=1S/C22H18N2O5/c1-2-19(25)24-16(22(26)27)10-14-13-5-3-4-6-15(13)23-20(14)21(24)12-7-8-17-18(9-12)29-11-28-17/h2-9,16,21,23H,1,10-11H2,(H,26,27)/t16-,21-/m0/s1. The second-order valence-corrected chi connectivity index (χ2v) is 7.09. The van der Waals surface area contributed by atoms with Crippen LogP contribution in [0.25, 0.3) is 10.9 Å². The predicted octanol–water partition coefficient (Wildman–Crippen LogP) is 3.01. The average molecular weight is 390 g/mol. The van der Waals surface area contributed by atoms with Crippen molar-refractivity contribution in [2.24, 2.45) is 0 Å². The van der Waals surface area contributed by atoms with E-state index in [0.29, 0.717) is 11.5 Å². The number of nitrogens with one attached hydrogen (secondary N) is 1. The molecule has 0 radical (unpaired) electrons. The summed E-state index contributed by atoms with van der Waals surface area (Å²) in [5, 5.41) is 10.9. The van der Waals surface area contributed by atoms with Crippen LogP contribution in [0.4, 0.5) is 0 Å². The number of amides is 1. The number of ether oxygens (including phenoxy) is 2. The maximum atomic E-state index is 12.8. The molecule has 29 heavy (non-hydrogen) atoms. The minimum atomic E-state index is -1.05. The number of hydrogen-bond donors (Lipinski definition) is 2. The van der Waals surface area contributed by atoms with Crippen LogP contribution in [0, 0.1) is 0 Å². The number of aromatic nitrogens is 1. The number of para-hydroxylation sites is 1. The Morgan fingerprint density at radius 2 is 1.97 bits per heavy atom. The van der Waals surface area contributed by atoms with E-state index in [4.69, 9.17) is 9.47 Å². The van der Waals surface area contributed by atoms with Gasteiger partial charge < -0.3 is 24.5 Å². The summed E-state index contributed by atoms with van der Waals surface area (Å²) in [5.74, 6) is -0.298. The van der Waals surface area contributed by atoms with Crippen LogP contribution in [-0.4, -0.2) is 39.7 Å². The van der Waals surface area contributed by atoms with Crippen molar-refractivity contribution in [2.45, 2.75) is 18.5 Å². The van der Waals surface area contributed by atoms with E-state index in [2.05, 4.69) is 11.6 Å². The largest absolute Gasteiger partial charge is 0.480 e. The molecule has 1 aromatic heterocycles. The Hall–Kier alpha value is -3.74. The fourth-order valence-electron chi connectivity index (χ4n) is 4.29. The molecular weight excluding hydrogens is 372 g/mol. The van der Waals surface area contributed by atoms with E-state index in [0.717, 1.165) is 33.8 Å². The van der Waals surface area contributed by atoms with Gasteiger partial charge in [0.25, 0.3) is 0 Å². The molecule has 1 amide bonds. The van der Waals surface area contributed by atoms with Crippen LogP contribution in [0.1, 0.15) is 22.9 Å². The zero-order chi connectivity index (χ0) is 20.1. The molecule has 0 saturated heterocycles. The second kappa shape index (κ2) is 6.41. The zero-order valence-corrected chi connectivity index (χ0v) is 15.4. The molecular formula is C22H18N2O5. The van der Waals surface area contributed by atoms with Crippen molar-refractivity contribution in [3.8, 4) is 11.5 Å². The van der Waals surface area contributed by atoms with Gasteiger partial charge in [0.15, 0.2) is 11.5 Å². The van der Waals surface area contributed by atoms with Crippen molar-refractivity contribution in [3.05, 3.63) is 71.9 Å². The van der Waals surface area contributed by atoms with E-state index in [1.807, 2.05) is 30.3 Å². The molecule has 2 aliphatic rings. The number of carboxylic acid groups (broad SMARTS) is 1. The van der Waals surface area contributed by atoms with Gasteiger partial charge in [-0.05, 0) is 35.4 Å². The van der Waals surface area contributed by atoms with Crippen molar-refractivity contribution >= 4 is 22.8 Å². The molecule has 2 aliphatic heterocycles. The first-order valence-electron chi connectivity index (χ1n) is 9.25. The van der Waals surface area contributed by atoms with Gasteiger partial charge in [0.05, 0.1) is 6.04 Å². The highest BCUT2D eigenvalue weighted by Gasteiger charge is 2.43. The minimum Gasteiger partial charge on any atom is -0.480 e. The maximum absolute atomic E-state index is 12.8. The lowest BCUT2D eigenvalue weighted by molar-refractivity contribution is -0.150. The summed E-state index contributed by atoms with van der Waals surface area (Å²) < 4.78 is 10.9. The Morgan fingerprint density at radius 1 is 1.17 bits per heavy atom. The van der Waals surface area contributed by atoms with Crippen LogP contribution >= 0.6 is 0 Å². The molecule has 0 spiro atoms. The topological polar surface area (TPSA) is 91.9 Å². The number of carbonyl (C=O) groups excluding carboxylic acids is 1. The van der Waals surface area contributed by atoms with E-state index >= 15 is 0 Å². The van der Waals surface area contributed by atoms with Gasteiger partial charge in [-0.1, -0.05) is 30.8 Å². The van der Waals surface area contributed by atoms with Gasteiger partial charge in [-0.15, -0.1) is 0 Å². The lowest BCUT2D eigenvalue weighted by atomic mass is 9.87. The van der Waals surface area contributed by atoms with Crippen LogP contribution in [0.5, 0.6) is 11.5 Å². The summed E-state index contributed by atoms with van der Waals surface area (Å²) in [5.41, 5.74) is 3.35. The molecule has 3 heterocycles. The Balaban J connectivity index is 1.77. The van der Waals surface area contributed by atoms with E-state index in [1.54, 1.807) is 12.1 Å². The van der Waals surface area contributed by atoms with Gasteiger partial charge in [0.2, 0.25) is 12.7 Å². The Morgan fingerprint density at radius 3 is 2.76 bits per heavy atom. The SMILES string of the molecule is C=CC(=O)N1[C@@H](c2ccc3c(c2)OCO3)c2[nH]c3ccccc3c2C[C@H]1C(=O)O. The van der Waals surface area contributed by atoms with E-state index in [-0.39, 0.29) is 13.2 Å². The van der Waals surface area contributed by atoms with E-state index in [9.17, 15) is 14.7 Å². The first-order chi connectivity index (χ1) is 14.1. The summed E-state index contributed by atoms with van der Waals surface area (Å²) in [6.45, 7) is 3.71. The third kappa shape index (κ3) is 2.58. The number of hydrogen-bond acceptors (Lipinski definition) is 4. The lowest BCUT2D eigenvalue weighted by Gasteiger charge is -2.40. The second-order valence-electron chi connectivity index (χ2n) is 7.09. The molecule has 2 N–H and O–H groups in total. The highest BCUT2D eigenvalue weighted by molar-refractivity contribution is 5.94. The molecule has 0 saturated carbocycles. The molecule has 0 bridgehead atoms. The number of nitrogens with zero attached hydrogens (tertiary/aromatic N) is 1. The number of benzene rings is 2. The van der Waals surface area contributed by atoms with Crippen LogP contribution in [0.15, 0.2) is 55.1 Å². The van der Waals surface area contributed by atoms with Crippen molar-refractivity contribution in [1.82, 2.24) is 9.88 Å². The first kappa shape index (κ1) is 17.4. The number of carbonyl (C=O) groups is 2. The number of aliphatic carboxylic acids is 1. The third-order valence-electron chi connectivity index (χ3n) is 5.56. The monoisotopic (exact) mass is 390 g/mol. The van der Waals surface area contributed by atoms with Gasteiger partial charge in [-0.2, -0.15) is 0 Å². The van der Waals surface area contributed by atoms with Gasteiger partial charge >= 0.3 is 5.97 Å². The first-order valence-corrected chi connectivity index (χ1v) is 9.25. The van der Waals surface area contributed by atoms with Gasteiger partial charge in [-0.25, -0.2) is 4.79 Å². The molecule has 2 aromatic carbocycles. The molecule has 3 aromatic rings. The van der Waals surface area contributed by atoms with Gasteiger partial charge in [-0.3, -0.25) is 4.79 Å². The summed E-state index contributed by atoms with van der Waals surface area (Å²) in [6.07, 6.45) is 1.37. The Bertz CT molecular complexity index is 1170. The number of H-pyrrole nitrogens is 1. The smallest absolute Gasteiger partial charge is 0.326 e. The molecule has 2 atom stereocenters. The van der Waals surface area contributed by atoms with E-state index < -0.39 is 24.0 Å². The van der Waals surface area contributed by atoms with Crippen LogP contribution in [0.2, 0.25) is 0 Å². The lowest BCUT2D eigenvalue weighted by Crippen LogP contribution is -2.51. The molecule has 5 rings (SSSR count). The van der Waals surface area contributed by atoms with Crippen molar-refractivity contribution in [1.29, 1.82) is 0 Å². The highest BCUT2D eigenvalue weighted by atomic mass is 16.7. The molecule has 0 unspecified atom stereocenters. The zero-order valence-electron chi connectivity index (χ0n) is 15.4. The minimum absolute atomic E-state index is 0.133. The Labute approximate surface area is 166 Å². The van der Waals surface area contributed by atoms with Crippen LogP contribution < -0.4 is 9.47 Å². The highest BCUT2D eigenvalue weighted by Crippen LogP contribution is 2.43. The van der Waals surface area contributed by atoms with Crippen molar-refractivity contribution < 1.29 is 24.2 Å². The molecule has 7 nitrogen and oxygen atoms in total. The molecule has 0 aliphatic carbocycles. The average Bonchev–Trinajstić information content (AvgIpc) is 3.35. The number of rotatable bonds is 3. The Kier molecular flexibility index (Phi) is 3.84. The van der Waals surface area contributed by atoms with Gasteiger partial charge in [0.1, 0.15) is 6.04 Å². The summed E-state index contributed by atoms with van der Waals surface area (Å²) >= 11 is 0. The number of aromatic amines is 1. The molecule has 146 valence electrons. The van der Waals surface area contributed by atoms with Crippen molar-refractivity contribution in [3.63, 3.8) is 0 Å². The molecule has 7 heteroatoms. The summed E-state index contributed by atoms with van der Waals surface area (Å²) in [4.78, 5) is 29.7. The number of carboxylic acids is 1. The van der Waals surface area contributed by atoms with Crippen LogP contribution in [0.3, 0.4) is 0 Å². The fraction of sp³-hybridized carbons (Fsp3) is 0.182. The van der Waals surface area contributed by atoms with Gasteiger partial charge in [0, 0.05) is 23.0 Å². The summed E-state index contributed by atoms with van der Waals surface area (Å²) in [6, 6.07) is 11.5. The van der Waals surface area contributed by atoms with E-state index in [1.165, 1.54) is 4.90 Å². The van der Waals surface area contributed by atoms with Crippen molar-refractivity contribution in [2.75, 3.05) is 6.79 Å².